The minimum Gasteiger partial charge on any atom is -0.354 e. The van der Waals surface area contributed by atoms with E-state index in [1.165, 1.54) is 5.56 Å². The second-order valence-electron chi connectivity index (χ2n) is 5.34. The largest absolute Gasteiger partial charge is 0.354 e. The normalized spacial score (nSPS) is 12.9. The zero-order chi connectivity index (χ0) is 15.5. The highest BCUT2D eigenvalue weighted by atomic mass is 32.1. The molecule has 0 aliphatic carbocycles. The number of nitrogens with zero attached hydrogens (tertiary/aromatic N) is 3. The Labute approximate surface area is 137 Å². The summed E-state index contributed by atoms with van der Waals surface area (Å²) in [7, 11) is 4.05. The van der Waals surface area contributed by atoms with E-state index in [9.17, 15) is 4.79 Å². The minimum atomic E-state index is 0.00725. The molecule has 0 radical (unpaired) electrons. The van der Waals surface area contributed by atoms with Crippen molar-refractivity contribution >= 4 is 33.5 Å². The van der Waals surface area contributed by atoms with Crippen LogP contribution in [0.15, 0.2) is 34.6 Å². The van der Waals surface area contributed by atoms with Crippen molar-refractivity contribution < 1.29 is 4.79 Å². The first kappa shape index (κ1) is 15.2. The number of hydrogen-bond acceptors (Lipinski definition) is 5. The van der Waals surface area contributed by atoms with Crippen molar-refractivity contribution in [2.24, 2.45) is 0 Å². The summed E-state index contributed by atoms with van der Waals surface area (Å²) in [6.07, 6.45) is 4.18. The van der Waals surface area contributed by atoms with Crippen molar-refractivity contribution in [3.05, 3.63) is 45.9 Å². The summed E-state index contributed by atoms with van der Waals surface area (Å²) >= 11 is 3.24. The standard InChI is InChI=1S/C15H18N4OS2/c1-18(2)13(11-3-5-21-10-11)8-16-14(20)7-12-9-19-4-6-22-15(19)17-12/h3-6,9-10,13H,7-8H2,1-2H3,(H,16,20). The van der Waals surface area contributed by atoms with Crippen LogP contribution in [0.5, 0.6) is 0 Å². The third-order valence-electron chi connectivity index (χ3n) is 3.53. The lowest BCUT2D eigenvalue weighted by Gasteiger charge is -2.23. The Bertz CT molecular complexity index is 716. The number of likely N-dealkylation sites (N-methyl/N-ethyl adjacent to an activating group) is 1. The van der Waals surface area contributed by atoms with E-state index in [-0.39, 0.29) is 11.9 Å². The molecule has 3 aromatic heterocycles. The van der Waals surface area contributed by atoms with Gasteiger partial charge in [0.15, 0.2) is 4.96 Å². The van der Waals surface area contributed by atoms with Crippen LogP contribution in [0.3, 0.4) is 0 Å². The van der Waals surface area contributed by atoms with Crippen LogP contribution in [0.4, 0.5) is 0 Å². The number of rotatable bonds is 6. The Balaban J connectivity index is 1.58. The van der Waals surface area contributed by atoms with Gasteiger partial charge in [-0.05, 0) is 36.5 Å². The molecule has 5 nitrogen and oxygen atoms in total. The number of hydrogen-bond donors (Lipinski definition) is 1. The molecular weight excluding hydrogens is 316 g/mol. The van der Waals surface area contributed by atoms with Gasteiger partial charge in [0, 0.05) is 24.3 Å². The lowest BCUT2D eigenvalue weighted by atomic mass is 10.1. The second-order valence-corrected chi connectivity index (χ2v) is 7.00. The van der Waals surface area contributed by atoms with E-state index in [1.54, 1.807) is 22.7 Å². The third kappa shape index (κ3) is 3.37. The van der Waals surface area contributed by atoms with Crippen LogP contribution >= 0.6 is 22.7 Å². The fraction of sp³-hybridized carbons (Fsp3) is 0.333. The molecule has 116 valence electrons. The Kier molecular flexibility index (Phi) is 4.56. The smallest absolute Gasteiger partial charge is 0.226 e. The number of amides is 1. The first-order chi connectivity index (χ1) is 10.6. The Morgan fingerprint density at radius 1 is 1.45 bits per heavy atom. The molecule has 1 amide bonds. The highest BCUT2D eigenvalue weighted by molar-refractivity contribution is 7.15. The predicted molar refractivity (Wildman–Crippen MR) is 90.5 cm³/mol. The van der Waals surface area contributed by atoms with Crippen molar-refractivity contribution in [2.75, 3.05) is 20.6 Å². The summed E-state index contributed by atoms with van der Waals surface area (Å²) in [6.45, 7) is 0.602. The number of carbonyl (C=O) groups is 1. The summed E-state index contributed by atoms with van der Waals surface area (Å²) in [4.78, 5) is 19.6. The molecule has 1 unspecified atom stereocenters. The Morgan fingerprint density at radius 3 is 3.00 bits per heavy atom. The van der Waals surface area contributed by atoms with Crippen LogP contribution in [-0.2, 0) is 11.2 Å². The number of thiophene rings is 1. The molecule has 7 heteroatoms. The first-order valence-electron chi connectivity index (χ1n) is 7.00. The van der Waals surface area contributed by atoms with E-state index < -0.39 is 0 Å². The Hall–Kier alpha value is -1.70. The van der Waals surface area contributed by atoms with Gasteiger partial charge in [-0.3, -0.25) is 9.20 Å². The van der Waals surface area contributed by atoms with Gasteiger partial charge in [-0.1, -0.05) is 0 Å². The van der Waals surface area contributed by atoms with Crippen molar-refractivity contribution in [3.8, 4) is 0 Å². The molecular formula is C15H18N4OS2. The first-order valence-corrected chi connectivity index (χ1v) is 8.82. The topological polar surface area (TPSA) is 49.6 Å². The van der Waals surface area contributed by atoms with Gasteiger partial charge in [-0.2, -0.15) is 11.3 Å². The van der Waals surface area contributed by atoms with Crippen LogP contribution in [0.25, 0.3) is 4.96 Å². The fourth-order valence-electron chi connectivity index (χ4n) is 2.36. The molecule has 22 heavy (non-hydrogen) atoms. The van der Waals surface area contributed by atoms with Gasteiger partial charge in [-0.15, -0.1) is 11.3 Å². The maximum absolute atomic E-state index is 12.1. The number of fused-ring (bicyclic) bond motifs is 1. The van der Waals surface area contributed by atoms with Gasteiger partial charge in [0.2, 0.25) is 5.91 Å². The average molecular weight is 334 g/mol. The second kappa shape index (κ2) is 6.60. The van der Waals surface area contributed by atoms with Crippen LogP contribution in [0.1, 0.15) is 17.3 Å². The summed E-state index contributed by atoms with van der Waals surface area (Å²) in [6, 6.07) is 2.30. The highest BCUT2D eigenvalue weighted by Crippen LogP contribution is 2.20. The monoisotopic (exact) mass is 334 g/mol. The van der Waals surface area contributed by atoms with Crippen molar-refractivity contribution in [2.45, 2.75) is 12.5 Å². The summed E-state index contributed by atoms with van der Waals surface area (Å²) < 4.78 is 1.95. The summed E-state index contributed by atoms with van der Waals surface area (Å²) in [5.74, 6) is 0.00725. The van der Waals surface area contributed by atoms with Crippen molar-refractivity contribution in [1.82, 2.24) is 19.6 Å². The van der Waals surface area contributed by atoms with E-state index in [4.69, 9.17) is 0 Å². The Morgan fingerprint density at radius 2 is 2.32 bits per heavy atom. The van der Waals surface area contributed by atoms with Gasteiger partial charge in [0.05, 0.1) is 18.2 Å². The maximum atomic E-state index is 12.1. The molecule has 3 heterocycles. The number of aromatic nitrogens is 2. The molecule has 1 N–H and O–H groups in total. The lowest BCUT2D eigenvalue weighted by molar-refractivity contribution is -0.120. The summed E-state index contributed by atoms with van der Waals surface area (Å²) in [5.41, 5.74) is 2.04. The molecule has 3 aromatic rings. The number of carbonyl (C=O) groups excluding carboxylic acids is 1. The lowest BCUT2D eigenvalue weighted by Crippen LogP contribution is -2.35. The number of imidazole rings is 1. The van der Waals surface area contributed by atoms with Gasteiger partial charge >= 0.3 is 0 Å². The molecule has 0 saturated heterocycles. The van der Waals surface area contributed by atoms with E-state index in [0.717, 1.165) is 10.7 Å². The molecule has 3 rings (SSSR count). The van der Waals surface area contributed by atoms with Crippen molar-refractivity contribution in [1.29, 1.82) is 0 Å². The van der Waals surface area contributed by atoms with Gasteiger partial charge in [0.1, 0.15) is 0 Å². The zero-order valence-electron chi connectivity index (χ0n) is 12.5. The average Bonchev–Trinajstić information content (AvgIpc) is 3.14. The van der Waals surface area contributed by atoms with Crippen molar-refractivity contribution in [3.63, 3.8) is 0 Å². The van der Waals surface area contributed by atoms with E-state index in [0.29, 0.717) is 13.0 Å². The third-order valence-corrected chi connectivity index (χ3v) is 5.00. The minimum absolute atomic E-state index is 0.00725. The predicted octanol–water partition coefficient (Wildman–Crippen LogP) is 2.42. The van der Waals surface area contributed by atoms with E-state index >= 15 is 0 Å². The number of thiazole rings is 1. The molecule has 0 fully saturated rings. The van der Waals surface area contributed by atoms with E-state index in [2.05, 4.69) is 32.0 Å². The SMILES string of the molecule is CN(C)C(CNC(=O)Cc1cn2ccsc2n1)c1ccsc1. The quantitative estimate of drug-likeness (QED) is 0.753. The molecule has 0 aliphatic rings. The van der Waals surface area contributed by atoms with Gasteiger partial charge in [-0.25, -0.2) is 4.98 Å². The van der Waals surface area contributed by atoms with Crippen LogP contribution in [0.2, 0.25) is 0 Å². The molecule has 1 atom stereocenters. The molecule has 0 saturated carbocycles. The molecule has 0 aromatic carbocycles. The maximum Gasteiger partial charge on any atom is 0.226 e. The fourth-order valence-corrected chi connectivity index (χ4v) is 3.79. The van der Waals surface area contributed by atoms with Gasteiger partial charge < -0.3 is 10.2 Å². The van der Waals surface area contributed by atoms with Crippen LogP contribution in [-0.4, -0.2) is 40.8 Å². The molecule has 0 spiro atoms. The highest BCUT2D eigenvalue weighted by Gasteiger charge is 2.16. The zero-order valence-corrected chi connectivity index (χ0v) is 14.2. The number of nitrogens with one attached hydrogen (secondary N) is 1. The van der Waals surface area contributed by atoms with Crippen LogP contribution in [0, 0.1) is 0 Å². The molecule has 0 aliphatic heterocycles. The van der Waals surface area contributed by atoms with Gasteiger partial charge in [0.25, 0.3) is 0 Å². The summed E-state index contributed by atoms with van der Waals surface area (Å²) in [5, 5.41) is 9.18. The van der Waals surface area contributed by atoms with Crippen LogP contribution < -0.4 is 5.32 Å². The molecule has 0 bridgehead atoms. The van der Waals surface area contributed by atoms with E-state index in [1.807, 2.05) is 36.3 Å².